The second-order valence-electron chi connectivity index (χ2n) is 22.0. The van der Waals surface area contributed by atoms with E-state index in [-0.39, 0.29) is 26.1 Å². The third kappa shape index (κ3) is 59.0. The number of nitrogens with zero attached hydrogens (tertiary/aromatic N) is 1. The number of likely N-dealkylation sites (N-methyl/N-ethyl adjacent to an activating group) is 1. The smallest absolute Gasteiger partial charge is 0.306 e. The fourth-order valence-electron chi connectivity index (χ4n) is 8.79. The van der Waals surface area contributed by atoms with Crippen LogP contribution in [0.15, 0.2) is 60.8 Å². The van der Waals surface area contributed by atoms with E-state index in [1.54, 1.807) is 0 Å². The summed E-state index contributed by atoms with van der Waals surface area (Å²) in [5.41, 5.74) is 0. The highest BCUT2D eigenvalue weighted by molar-refractivity contribution is 7.45. The minimum Gasteiger partial charge on any atom is -0.756 e. The van der Waals surface area contributed by atoms with E-state index in [2.05, 4.69) is 62.5 Å². The van der Waals surface area contributed by atoms with Gasteiger partial charge in [0.15, 0.2) is 6.10 Å². The molecule has 0 aliphatic carbocycles. The van der Waals surface area contributed by atoms with Gasteiger partial charge in [0.2, 0.25) is 0 Å². The maximum atomic E-state index is 12.7. The molecule has 0 aromatic heterocycles. The van der Waals surface area contributed by atoms with Gasteiger partial charge in [-0.25, -0.2) is 0 Å². The molecule has 0 spiro atoms. The van der Waals surface area contributed by atoms with Gasteiger partial charge in [0.05, 0.1) is 27.7 Å². The summed E-state index contributed by atoms with van der Waals surface area (Å²) in [7, 11) is 1.13. The van der Waals surface area contributed by atoms with Crippen LogP contribution in [0.4, 0.5) is 0 Å². The lowest BCUT2D eigenvalue weighted by Crippen LogP contribution is -2.37. The predicted molar refractivity (Wildman–Crippen MR) is 314 cm³/mol. The molecule has 0 N–H and O–H groups in total. The number of carbonyl (C=O) groups is 2. The van der Waals surface area contributed by atoms with Crippen LogP contribution in [0.3, 0.4) is 0 Å². The molecule has 10 heteroatoms. The molecule has 0 rings (SSSR count). The van der Waals surface area contributed by atoms with E-state index in [1.165, 1.54) is 205 Å². The van der Waals surface area contributed by atoms with Crippen LogP contribution in [-0.2, 0) is 32.7 Å². The topological polar surface area (TPSA) is 111 Å². The number of allylic oxidation sites excluding steroid dienone is 10. The summed E-state index contributed by atoms with van der Waals surface area (Å²) in [6.07, 6.45) is 72.0. The number of esters is 2. The summed E-state index contributed by atoms with van der Waals surface area (Å²) in [5.74, 6) is -0.921. The number of unbranched alkanes of at least 4 members (excludes halogenated alkanes) is 33. The van der Waals surface area contributed by atoms with Crippen molar-refractivity contribution < 1.29 is 42.1 Å². The molecule has 2 atom stereocenters. The van der Waals surface area contributed by atoms with Crippen molar-refractivity contribution in [1.29, 1.82) is 0 Å². The van der Waals surface area contributed by atoms with Crippen molar-refractivity contribution >= 4 is 19.8 Å². The molecule has 74 heavy (non-hydrogen) atoms. The van der Waals surface area contributed by atoms with Gasteiger partial charge in [-0.05, 0) is 64.2 Å². The van der Waals surface area contributed by atoms with Crippen molar-refractivity contribution in [2.75, 3.05) is 47.5 Å². The third-order valence-electron chi connectivity index (χ3n) is 13.5. The molecule has 0 bridgehead atoms. The normalized spacial score (nSPS) is 13.6. The van der Waals surface area contributed by atoms with Crippen molar-refractivity contribution in [2.24, 2.45) is 0 Å². The molecule has 0 heterocycles. The summed E-state index contributed by atoms with van der Waals surface area (Å²) in [6.45, 7) is 4.05. The number of ether oxygens (including phenoxy) is 2. The predicted octanol–water partition coefficient (Wildman–Crippen LogP) is 18.9. The average Bonchev–Trinajstić information content (AvgIpc) is 3.36. The Morgan fingerprint density at radius 2 is 0.797 bits per heavy atom. The van der Waals surface area contributed by atoms with Crippen molar-refractivity contribution in [2.45, 2.75) is 290 Å². The number of rotatable bonds is 57. The van der Waals surface area contributed by atoms with Crippen LogP contribution in [0.25, 0.3) is 0 Å². The second kappa shape index (κ2) is 55.5. The lowest BCUT2D eigenvalue weighted by atomic mass is 10.0. The van der Waals surface area contributed by atoms with Crippen molar-refractivity contribution in [3.05, 3.63) is 60.8 Å². The van der Waals surface area contributed by atoms with Crippen LogP contribution in [0.1, 0.15) is 284 Å². The Morgan fingerprint density at radius 1 is 0.432 bits per heavy atom. The molecule has 0 aromatic carbocycles. The number of hydrogen-bond donors (Lipinski definition) is 0. The molecule has 0 aliphatic rings. The second-order valence-corrected chi connectivity index (χ2v) is 23.4. The Labute approximate surface area is 457 Å². The highest BCUT2D eigenvalue weighted by Gasteiger charge is 2.21. The Kier molecular flexibility index (Phi) is 53.7. The molecule has 0 aromatic rings. The SMILES string of the molecule is CC/C=C\C/C=C\C/C=C\C/C=C\CCC(=O)OC(COC(=O)CCCCCCCCCCCCCCCCCCCCCCCCCCC/C=C\CCCCCCCCCC)COP(=O)([O-])OCC[N+](C)(C)C. The molecule has 2 unspecified atom stereocenters. The monoisotopic (exact) mass is 1060 g/mol. The molecular weight excluding hydrogens is 942 g/mol. The Morgan fingerprint density at radius 3 is 1.20 bits per heavy atom. The number of carbonyl (C=O) groups excluding carboxylic acids is 2. The fourth-order valence-corrected chi connectivity index (χ4v) is 9.51. The van der Waals surface area contributed by atoms with Crippen LogP contribution < -0.4 is 4.89 Å². The van der Waals surface area contributed by atoms with E-state index in [9.17, 15) is 19.0 Å². The minimum absolute atomic E-state index is 0.0440. The Balaban J connectivity index is 3.90. The van der Waals surface area contributed by atoms with Gasteiger partial charge in [0, 0.05) is 12.8 Å². The molecule has 0 aliphatic heterocycles. The molecule has 432 valence electrons. The summed E-state index contributed by atoms with van der Waals surface area (Å²) in [4.78, 5) is 37.7. The summed E-state index contributed by atoms with van der Waals surface area (Å²) < 4.78 is 34.0. The number of phosphoric ester groups is 1. The first-order valence-corrected chi connectivity index (χ1v) is 32.5. The lowest BCUT2D eigenvalue weighted by molar-refractivity contribution is -0.870. The molecule has 9 nitrogen and oxygen atoms in total. The van der Waals surface area contributed by atoms with Gasteiger partial charge < -0.3 is 27.9 Å². The fraction of sp³-hybridized carbons (Fsp3) is 0.812. The lowest BCUT2D eigenvalue weighted by Gasteiger charge is -2.28. The molecule has 0 fully saturated rings. The largest absolute Gasteiger partial charge is 0.756 e. The van der Waals surface area contributed by atoms with Gasteiger partial charge in [-0.2, -0.15) is 0 Å². The van der Waals surface area contributed by atoms with Gasteiger partial charge >= 0.3 is 11.9 Å². The maximum Gasteiger partial charge on any atom is 0.306 e. The number of quaternary nitrogens is 1. The quantitative estimate of drug-likeness (QED) is 0.0195. The van der Waals surface area contributed by atoms with E-state index in [0.29, 0.717) is 17.4 Å². The Hall–Kier alpha value is -2.29. The van der Waals surface area contributed by atoms with Crippen LogP contribution in [-0.4, -0.2) is 70.0 Å². The average molecular weight is 1060 g/mol. The standard InChI is InChI=1S/C64H118NO8P/c1-6-8-10-12-14-16-18-20-21-22-23-24-25-26-27-28-29-30-31-32-33-34-35-36-37-38-39-40-41-42-43-45-46-48-50-52-54-56-63(66)70-60-62(61-72-74(68,69)71-59-58-65(3,4)5)73-64(67)57-55-53-51-49-47-44-19-17-15-13-11-9-7-2/h9,11,15,17,22-23,44,47,51,53,62H,6-8,10,12-14,16,18-21,24-43,45-46,48-50,52,54-61H2,1-5H3/b11-9-,17-15-,23-22-,47-44-,53-51-. The van der Waals surface area contributed by atoms with Gasteiger partial charge in [0.1, 0.15) is 19.8 Å². The zero-order valence-corrected chi connectivity index (χ0v) is 49.9. The molecule has 0 radical (unpaired) electrons. The third-order valence-corrected chi connectivity index (χ3v) is 14.5. The molecule has 0 saturated heterocycles. The first-order chi connectivity index (χ1) is 36.0. The van der Waals surface area contributed by atoms with E-state index < -0.39 is 32.5 Å². The zero-order chi connectivity index (χ0) is 54.2. The van der Waals surface area contributed by atoms with E-state index in [0.717, 1.165) is 44.9 Å². The van der Waals surface area contributed by atoms with Crippen molar-refractivity contribution in [3.63, 3.8) is 0 Å². The van der Waals surface area contributed by atoms with Gasteiger partial charge in [-0.1, -0.05) is 267 Å². The van der Waals surface area contributed by atoms with E-state index in [4.69, 9.17) is 18.5 Å². The van der Waals surface area contributed by atoms with Gasteiger partial charge in [-0.3, -0.25) is 14.2 Å². The van der Waals surface area contributed by atoms with E-state index >= 15 is 0 Å². The molecular formula is C64H118NO8P. The van der Waals surface area contributed by atoms with Crippen molar-refractivity contribution in [1.82, 2.24) is 0 Å². The number of phosphoric acid groups is 1. The summed E-state index contributed by atoms with van der Waals surface area (Å²) >= 11 is 0. The van der Waals surface area contributed by atoms with Crippen molar-refractivity contribution in [3.8, 4) is 0 Å². The van der Waals surface area contributed by atoms with Gasteiger partial charge in [-0.15, -0.1) is 0 Å². The van der Waals surface area contributed by atoms with Crippen LogP contribution in [0.2, 0.25) is 0 Å². The highest BCUT2D eigenvalue weighted by atomic mass is 31.2. The molecule has 0 amide bonds. The first-order valence-electron chi connectivity index (χ1n) is 31.0. The summed E-state index contributed by atoms with van der Waals surface area (Å²) in [6, 6.07) is 0. The molecule has 0 saturated carbocycles. The highest BCUT2D eigenvalue weighted by Crippen LogP contribution is 2.38. The first kappa shape index (κ1) is 71.7. The number of hydrogen-bond acceptors (Lipinski definition) is 8. The minimum atomic E-state index is -4.65. The summed E-state index contributed by atoms with van der Waals surface area (Å²) in [5, 5.41) is 0. The van der Waals surface area contributed by atoms with Crippen LogP contribution >= 0.6 is 7.82 Å². The van der Waals surface area contributed by atoms with Gasteiger partial charge in [0.25, 0.3) is 7.82 Å². The zero-order valence-electron chi connectivity index (χ0n) is 49.0. The maximum absolute atomic E-state index is 12.7. The van der Waals surface area contributed by atoms with Crippen LogP contribution in [0, 0.1) is 0 Å². The Bertz CT molecular complexity index is 1430. The van der Waals surface area contributed by atoms with Crippen LogP contribution in [0.5, 0.6) is 0 Å². The van der Waals surface area contributed by atoms with E-state index in [1.807, 2.05) is 33.3 Å².